The van der Waals surface area contributed by atoms with Gasteiger partial charge in [0.2, 0.25) is 0 Å². The summed E-state index contributed by atoms with van der Waals surface area (Å²) >= 11 is 0. The summed E-state index contributed by atoms with van der Waals surface area (Å²) in [5.74, 6) is -0.0166. The Hall–Kier alpha value is -6.08. The van der Waals surface area contributed by atoms with Gasteiger partial charge in [0.25, 0.3) is 0 Å². The maximum atomic E-state index is 12.7. The summed E-state index contributed by atoms with van der Waals surface area (Å²) in [6.07, 6.45) is 42.5. The number of ether oxygens (including phenoxy) is 3. The van der Waals surface area contributed by atoms with Crippen LogP contribution in [0.2, 0.25) is 0 Å². The van der Waals surface area contributed by atoms with Crippen LogP contribution in [0.3, 0.4) is 0 Å². The smallest absolute Gasteiger partial charge is 0.338 e. The second-order valence-electron chi connectivity index (χ2n) is 21.9. The number of ketones is 1. The molecule has 0 N–H and O–H groups in total. The fourth-order valence-corrected chi connectivity index (χ4v) is 9.54. The molecule has 0 saturated heterocycles. The number of esters is 3. The molecular weight excluding hydrogens is 989 g/mol. The average Bonchev–Trinajstić information content (AvgIpc) is 3.46. The highest BCUT2D eigenvalue weighted by Gasteiger charge is 2.12. The zero-order valence-electron chi connectivity index (χ0n) is 50.7. The highest BCUT2D eigenvalue weighted by Crippen LogP contribution is 2.32. The van der Waals surface area contributed by atoms with Crippen molar-refractivity contribution in [1.82, 2.24) is 0 Å². The Kier molecular flexibility index (Phi) is 39.1. The van der Waals surface area contributed by atoms with Gasteiger partial charge >= 0.3 is 17.9 Å². The number of allylic oxidation sites excluding steroid dienone is 2. The van der Waals surface area contributed by atoms with Gasteiger partial charge in [0, 0.05) is 23.1 Å². The lowest BCUT2D eigenvalue weighted by Crippen LogP contribution is -2.10. The van der Waals surface area contributed by atoms with Gasteiger partial charge in [-0.05, 0) is 138 Å². The Bertz CT molecular complexity index is 2630. The van der Waals surface area contributed by atoms with E-state index in [4.69, 9.17) is 9.47 Å². The topological polar surface area (TPSA) is 96.0 Å². The molecular formula is C73H104O7. The zero-order chi connectivity index (χ0) is 58.6. The minimum Gasteiger partial charge on any atom is -0.466 e. The van der Waals surface area contributed by atoms with Gasteiger partial charge in [-0.1, -0.05) is 249 Å². The van der Waals surface area contributed by atoms with E-state index >= 15 is 0 Å². The quantitative estimate of drug-likeness (QED) is 0.00970. The van der Waals surface area contributed by atoms with Crippen molar-refractivity contribution in [2.75, 3.05) is 13.7 Å². The molecule has 7 heteroatoms. The van der Waals surface area contributed by atoms with E-state index in [-0.39, 0.29) is 17.9 Å². The SMILES string of the molecule is C=C(C)C(=O)OC.C=C(C)C(=O)OCCCCCCCCCCCCCCCCCCCCC(C)=O.C=C(CCCCCCCCCCCCC)C(=O)Oc1ccc2cc3cc4cc5ccccc5cc4cc3cc2c1.C=CC=C. The Morgan fingerprint density at radius 1 is 0.400 bits per heavy atom. The molecule has 0 amide bonds. The molecule has 0 fully saturated rings. The van der Waals surface area contributed by atoms with Gasteiger partial charge in [0.15, 0.2) is 0 Å². The third kappa shape index (κ3) is 32.2. The molecule has 0 heterocycles. The third-order valence-corrected chi connectivity index (χ3v) is 14.4. The molecule has 0 atom stereocenters. The molecule has 0 aliphatic carbocycles. The fraction of sp³-hybridized carbons (Fsp3) is 0.507. The molecule has 0 saturated carbocycles. The maximum Gasteiger partial charge on any atom is 0.338 e. The van der Waals surface area contributed by atoms with Gasteiger partial charge in [-0.25, -0.2) is 14.4 Å². The summed E-state index contributed by atoms with van der Waals surface area (Å²) in [6, 6.07) is 27.8. The lowest BCUT2D eigenvalue weighted by molar-refractivity contribution is -0.139. The highest BCUT2D eigenvalue weighted by atomic mass is 16.5. The number of carbonyl (C=O) groups is 4. The molecule has 0 spiro atoms. The van der Waals surface area contributed by atoms with Gasteiger partial charge in [-0.15, -0.1) is 0 Å². The number of fused-ring (bicyclic) bond motifs is 4. The van der Waals surface area contributed by atoms with Crippen molar-refractivity contribution >= 4 is 66.8 Å². The number of hydrogen-bond donors (Lipinski definition) is 0. The van der Waals surface area contributed by atoms with Crippen LogP contribution >= 0.6 is 0 Å². The molecule has 5 aromatic rings. The molecule has 5 rings (SSSR count). The first-order valence-corrected chi connectivity index (χ1v) is 30.7. The Morgan fingerprint density at radius 3 is 1.09 bits per heavy atom. The number of carbonyl (C=O) groups excluding carboxylic acids is 4. The van der Waals surface area contributed by atoms with E-state index in [1.165, 1.54) is 194 Å². The number of Topliss-reactive ketones (excluding diaryl/α,β-unsaturated/α-hetero) is 1. The van der Waals surface area contributed by atoms with Crippen molar-refractivity contribution in [2.24, 2.45) is 0 Å². The molecule has 0 unspecified atom stereocenters. The van der Waals surface area contributed by atoms with Crippen molar-refractivity contribution in [2.45, 2.75) is 227 Å². The van der Waals surface area contributed by atoms with E-state index in [9.17, 15) is 19.2 Å². The van der Waals surface area contributed by atoms with E-state index in [1.807, 2.05) is 18.2 Å². The van der Waals surface area contributed by atoms with Gasteiger partial charge in [-0.2, -0.15) is 0 Å². The fourth-order valence-electron chi connectivity index (χ4n) is 9.54. The average molecular weight is 1090 g/mol. The van der Waals surface area contributed by atoms with Crippen LogP contribution in [0.1, 0.15) is 227 Å². The predicted octanol–water partition coefficient (Wildman–Crippen LogP) is 21.7. The first-order valence-electron chi connectivity index (χ1n) is 30.7. The first-order chi connectivity index (χ1) is 38.7. The van der Waals surface area contributed by atoms with Gasteiger partial charge in [-0.3, -0.25) is 0 Å². The summed E-state index contributed by atoms with van der Waals surface area (Å²) in [5.41, 5.74) is 1.48. The minimum atomic E-state index is -0.347. The largest absolute Gasteiger partial charge is 0.466 e. The molecule has 7 nitrogen and oxygen atoms in total. The number of rotatable bonds is 38. The molecule has 0 aliphatic rings. The number of unbranched alkanes of at least 4 members (excludes halogenated alkanes) is 27. The summed E-state index contributed by atoms with van der Waals surface area (Å²) in [5, 5.41) is 9.56. The maximum absolute atomic E-state index is 12.7. The summed E-state index contributed by atoms with van der Waals surface area (Å²) in [6.45, 7) is 25.4. The second kappa shape index (κ2) is 44.6. The molecule has 438 valence electrons. The Labute approximate surface area is 484 Å². The standard InChI is InChI=1S/C38H42O2.C26H48O3.C5H8O2.C4H6/c1-3-4-5-6-7-8-9-10-11-12-13-16-28(2)38(39)40-37-20-19-31-23-34-24-32-21-29-17-14-15-18-30(29)22-33(32)25-35(34)26-36(31)27-37;1-24(2)26(28)29-23-21-19-17-15-13-11-9-7-5-4-6-8-10-12-14-16-18-20-22-25(3)27;1-4(2)5(6)7-3;1-3-4-2/h14-15,17-27H,2-13,16H2,1H3;1,4-23H2,2-3H3;1H2,2-3H3;3-4H,1-2H2. The minimum absolute atomic E-state index is 0.262. The lowest BCUT2D eigenvalue weighted by atomic mass is 9.97. The van der Waals surface area contributed by atoms with Crippen molar-refractivity contribution in [3.8, 4) is 5.75 Å². The third-order valence-electron chi connectivity index (χ3n) is 14.4. The molecule has 5 aromatic carbocycles. The van der Waals surface area contributed by atoms with Crippen LogP contribution in [0.15, 0.2) is 141 Å². The number of hydrogen-bond acceptors (Lipinski definition) is 7. The van der Waals surface area contributed by atoms with Crippen molar-refractivity contribution in [1.29, 1.82) is 0 Å². The van der Waals surface area contributed by atoms with Crippen LogP contribution < -0.4 is 4.74 Å². The summed E-state index contributed by atoms with van der Waals surface area (Å²) in [7, 11) is 1.33. The van der Waals surface area contributed by atoms with Crippen LogP contribution in [-0.4, -0.2) is 37.4 Å². The lowest BCUT2D eigenvalue weighted by Gasteiger charge is -2.10. The Morgan fingerprint density at radius 2 is 0.738 bits per heavy atom. The van der Waals surface area contributed by atoms with Gasteiger partial charge < -0.3 is 19.0 Å². The molecule has 0 aromatic heterocycles. The van der Waals surface area contributed by atoms with Crippen molar-refractivity contribution < 1.29 is 33.4 Å². The second-order valence-corrected chi connectivity index (χ2v) is 21.9. The van der Waals surface area contributed by atoms with E-state index in [2.05, 4.69) is 105 Å². The predicted molar refractivity (Wildman–Crippen MR) is 344 cm³/mol. The van der Waals surface area contributed by atoms with Crippen molar-refractivity contribution in [3.05, 3.63) is 141 Å². The zero-order valence-corrected chi connectivity index (χ0v) is 50.7. The molecule has 0 radical (unpaired) electrons. The highest BCUT2D eigenvalue weighted by molar-refractivity contribution is 6.08. The van der Waals surface area contributed by atoms with Crippen LogP contribution in [0.5, 0.6) is 5.75 Å². The molecule has 80 heavy (non-hydrogen) atoms. The van der Waals surface area contributed by atoms with Crippen LogP contribution in [0.25, 0.3) is 43.1 Å². The van der Waals surface area contributed by atoms with E-state index in [0.29, 0.717) is 41.3 Å². The summed E-state index contributed by atoms with van der Waals surface area (Å²) in [4.78, 5) is 45.0. The van der Waals surface area contributed by atoms with E-state index in [1.54, 1.807) is 32.9 Å². The van der Waals surface area contributed by atoms with Crippen LogP contribution in [-0.2, 0) is 28.7 Å². The van der Waals surface area contributed by atoms with Crippen LogP contribution in [0.4, 0.5) is 0 Å². The van der Waals surface area contributed by atoms with E-state index < -0.39 is 0 Å². The number of benzene rings is 5. The number of methoxy groups -OCH3 is 1. The molecule has 0 aliphatic heterocycles. The van der Waals surface area contributed by atoms with E-state index in [0.717, 1.165) is 49.3 Å². The van der Waals surface area contributed by atoms with Gasteiger partial charge in [0.05, 0.1) is 13.7 Å². The Balaban J connectivity index is 0.000000478. The monoisotopic (exact) mass is 1090 g/mol. The molecule has 0 bridgehead atoms. The normalized spacial score (nSPS) is 10.6. The van der Waals surface area contributed by atoms with Gasteiger partial charge in [0.1, 0.15) is 11.5 Å². The van der Waals surface area contributed by atoms with Crippen LogP contribution in [0, 0.1) is 0 Å². The first kappa shape index (κ1) is 70.0. The van der Waals surface area contributed by atoms with Crippen molar-refractivity contribution in [3.63, 3.8) is 0 Å². The summed E-state index contributed by atoms with van der Waals surface area (Å²) < 4.78 is 15.1.